The Labute approximate surface area is 115 Å². The van der Waals surface area contributed by atoms with Gasteiger partial charge in [0.05, 0.1) is 0 Å². The van der Waals surface area contributed by atoms with E-state index in [1.807, 2.05) is 13.8 Å². The molecule has 2 rings (SSSR count). The lowest BCUT2D eigenvalue weighted by atomic mass is 10.2. The van der Waals surface area contributed by atoms with Gasteiger partial charge in [-0.2, -0.15) is 0 Å². The molecule has 0 atom stereocenters. The van der Waals surface area contributed by atoms with Crippen LogP contribution in [0.5, 0.6) is 0 Å². The predicted molar refractivity (Wildman–Crippen MR) is 83.2 cm³/mol. The summed E-state index contributed by atoms with van der Waals surface area (Å²) in [5.41, 5.74) is 3.71. The van der Waals surface area contributed by atoms with Gasteiger partial charge in [0.1, 0.15) is 0 Å². The Morgan fingerprint density at radius 2 is 1.50 bits per heavy atom. The molecule has 0 fully saturated rings. The van der Waals surface area contributed by atoms with Crippen molar-refractivity contribution >= 4 is 17.6 Å². The fourth-order valence-corrected chi connectivity index (χ4v) is 2.07. The van der Waals surface area contributed by atoms with Gasteiger partial charge in [-0.25, -0.2) is 0 Å². The van der Waals surface area contributed by atoms with Crippen LogP contribution in [0.4, 0.5) is 5.69 Å². The Balaban J connectivity index is 0.000000771. The average Bonchev–Trinajstić information content (AvgIpc) is 2.41. The lowest BCUT2D eigenvalue weighted by molar-refractivity contribution is 1.38. The topological polar surface area (TPSA) is 12.0 Å². The zero-order valence-electron chi connectivity index (χ0n) is 11.5. The molecule has 1 nitrogen and oxygen atoms in total. The molecule has 0 aliphatic heterocycles. The first-order chi connectivity index (χ1) is 8.74. The van der Waals surface area contributed by atoms with Crippen molar-refractivity contribution in [1.82, 2.24) is 0 Å². The van der Waals surface area contributed by atoms with Gasteiger partial charge < -0.3 is 4.72 Å². The molecule has 0 amide bonds. The Hall–Kier alpha value is -1.41. The first-order valence-corrected chi connectivity index (χ1v) is 7.12. The van der Waals surface area contributed by atoms with Crippen LogP contribution in [0.15, 0.2) is 53.4 Å². The fraction of sp³-hybridized carbons (Fsp3) is 0.250. The molecule has 0 aliphatic carbocycles. The SMILES string of the molecule is CC.Cc1ccc(SNc2cccc(C)c2)cc1. The van der Waals surface area contributed by atoms with Gasteiger partial charge in [-0.15, -0.1) is 0 Å². The molecule has 0 bridgehead atoms. The van der Waals surface area contributed by atoms with E-state index in [0.29, 0.717) is 0 Å². The molecule has 0 saturated heterocycles. The largest absolute Gasteiger partial charge is 0.326 e. The summed E-state index contributed by atoms with van der Waals surface area (Å²) < 4.78 is 3.34. The summed E-state index contributed by atoms with van der Waals surface area (Å²) in [6, 6.07) is 16.9. The molecule has 0 heterocycles. The van der Waals surface area contributed by atoms with Gasteiger partial charge in [0.25, 0.3) is 0 Å². The minimum atomic E-state index is 1.14. The van der Waals surface area contributed by atoms with Crippen LogP contribution in [0.1, 0.15) is 25.0 Å². The molecule has 0 aromatic heterocycles. The third-order valence-electron chi connectivity index (χ3n) is 2.33. The van der Waals surface area contributed by atoms with Gasteiger partial charge in [0.2, 0.25) is 0 Å². The van der Waals surface area contributed by atoms with Crippen LogP contribution in [-0.4, -0.2) is 0 Å². The first-order valence-electron chi connectivity index (χ1n) is 6.30. The van der Waals surface area contributed by atoms with E-state index in [4.69, 9.17) is 0 Å². The van der Waals surface area contributed by atoms with Crippen molar-refractivity contribution in [3.8, 4) is 0 Å². The lowest BCUT2D eigenvalue weighted by Crippen LogP contribution is -1.86. The normalized spacial score (nSPS) is 9.33. The molecular weight excluding hydrogens is 238 g/mol. The maximum absolute atomic E-state index is 3.34. The van der Waals surface area contributed by atoms with Crippen LogP contribution in [0.3, 0.4) is 0 Å². The van der Waals surface area contributed by atoms with Gasteiger partial charge in [-0.1, -0.05) is 43.7 Å². The molecule has 0 radical (unpaired) electrons. The van der Waals surface area contributed by atoms with Gasteiger partial charge in [-0.05, 0) is 55.6 Å². The zero-order chi connectivity index (χ0) is 13.4. The first kappa shape index (κ1) is 14.7. The Morgan fingerprint density at radius 3 is 2.11 bits per heavy atom. The second kappa shape index (κ2) is 7.83. The quantitative estimate of drug-likeness (QED) is 0.736. The summed E-state index contributed by atoms with van der Waals surface area (Å²) in [4.78, 5) is 1.23. The van der Waals surface area contributed by atoms with E-state index >= 15 is 0 Å². The third kappa shape index (κ3) is 4.84. The van der Waals surface area contributed by atoms with Crippen molar-refractivity contribution in [2.45, 2.75) is 32.6 Å². The third-order valence-corrected chi connectivity index (χ3v) is 3.17. The summed E-state index contributed by atoms with van der Waals surface area (Å²) in [6.45, 7) is 8.20. The Kier molecular flexibility index (Phi) is 6.37. The van der Waals surface area contributed by atoms with Gasteiger partial charge in [0.15, 0.2) is 0 Å². The molecule has 2 aromatic rings. The van der Waals surface area contributed by atoms with E-state index in [1.165, 1.54) is 16.0 Å². The molecular formula is C16H21NS. The molecule has 96 valence electrons. The number of hydrogen-bond acceptors (Lipinski definition) is 2. The number of rotatable bonds is 3. The lowest BCUT2D eigenvalue weighted by Gasteiger charge is -2.06. The Morgan fingerprint density at radius 1 is 0.833 bits per heavy atom. The number of nitrogens with one attached hydrogen (secondary N) is 1. The Bertz CT molecular complexity index is 463. The van der Waals surface area contributed by atoms with Crippen LogP contribution in [0, 0.1) is 13.8 Å². The molecule has 0 unspecified atom stereocenters. The molecule has 0 saturated carbocycles. The van der Waals surface area contributed by atoms with E-state index < -0.39 is 0 Å². The molecule has 2 heteroatoms. The number of aryl methyl sites for hydroxylation is 2. The van der Waals surface area contributed by atoms with E-state index in [0.717, 1.165) is 5.69 Å². The summed E-state index contributed by atoms with van der Waals surface area (Å²) in [5.74, 6) is 0. The second-order valence-electron chi connectivity index (χ2n) is 3.89. The van der Waals surface area contributed by atoms with Crippen molar-refractivity contribution < 1.29 is 0 Å². The number of hydrogen-bond donors (Lipinski definition) is 1. The van der Waals surface area contributed by atoms with Crippen molar-refractivity contribution in [3.05, 3.63) is 59.7 Å². The van der Waals surface area contributed by atoms with Crippen LogP contribution in [0.2, 0.25) is 0 Å². The second-order valence-corrected chi connectivity index (χ2v) is 4.77. The smallest absolute Gasteiger partial charge is 0.0445 e. The summed E-state index contributed by atoms with van der Waals surface area (Å²) in [7, 11) is 0. The fourth-order valence-electron chi connectivity index (χ4n) is 1.43. The van der Waals surface area contributed by atoms with Gasteiger partial charge in [-0.3, -0.25) is 0 Å². The van der Waals surface area contributed by atoms with Crippen LogP contribution >= 0.6 is 11.9 Å². The van der Waals surface area contributed by atoms with Crippen molar-refractivity contribution in [1.29, 1.82) is 0 Å². The minimum Gasteiger partial charge on any atom is -0.326 e. The van der Waals surface area contributed by atoms with Crippen molar-refractivity contribution in [3.63, 3.8) is 0 Å². The van der Waals surface area contributed by atoms with E-state index in [2.05, 4.69) is 67.1 Å². The highest BCUT2D eigenvalue weighted by molar-refractivity contribution is 8.00. The standard InChI is InChI=1S/C14H15NS.C2H6/c1-11-6-8-14(9-7-11)16-15-13-5-3-4-12(2)10-13;1-2/h3-10,15H,1-2H3;1-2H3. The average molecular weight is 259 g/mol. The van der Waals surface area contributed by atoms with E-state index in [9.17, 15) is 0 Å². The van der Waals surface area contributed by atoms with Crippen molar-refractivity contribution in [2.24, 2.45) is 0 Å². The highest BCUT2D eigenvalue weighted by Crippen LogP contribution is 2.21. The van der Waals surface area contributed by atoms with Crippen LogP contribution < -0.4 is 4.72 Å². The molecule has 0 aliphatic rings. The number of benzene rings is 2. The van der Waals surface area contributed by atoms with E-state index in [-0.39, 0.29) is 0 Å². The summed E-state index contributed by atoms with van der Waals surface area (Å²) in [5, 5.41) is 0. The predicted octanol–water partition coefficient (Wildman–Crippen LogP) is 5.45. The summed E-state index contributed by atoms with van der Waals surface area (Å²) >= 11 is 1.64. The number of anilines is 1. The maximum atomic E-state index is 3.34. The molecule has 18 heavy (non-hydrogen) atoms. The highest BCUT2D eigenvalue weighted by atomic mass is 32.2. The van der Waals surface area contributed by atoms with Crippen LogP contribution in [-0.2, 0) is 0 Å². The molecule has 1 N–H and O–H groups in total. The highest BCUT2D eigenvalue weighted by Gasteiger charge is 1.95. The van der Waals surface area contributed by atoms with Gasteiger partial charge in [0, 0.05) is 10.6 Å². The van der Waals surface area contributed by atoms with Crippen LogP contribution in [0.25, 0.3) is 0 Å². The van der Waals surface area contributed by atoms with E-state index in [1.54, 1.807) is 11.9 Å². The maximum Gasteiger partial charge on any atom is 0.0445 e. The minimum absolute atomic E-state index is 1.14. The molecule has 0 spiro atoms. The monoisotopic (exact) mass is 259 g/mol. The van der Waals surface area contributed by atoms with Gasteiger partial charge >= 0.3 is 0 Å². The summed E-state index contributed by atoms with van der Waals surface area (Å²) in [6.07, 6.45) is 0. The zero-order valence-corrected chi connectivity index (χ0v) is 12.3. The van der Waals surface area contributed by atoms with Crippen molar-refractivity contribution in [2.75, 3.05) is 4.72 Å². The molecule has 2 aromatic carbocycles.